The fourth-order valence-electron chi connectivity index (χ4n) is 2.66. The first-order valence-electron chi connectivity index (χ1n) is 6.48. The zero-order valence-electron chi connectivity index (χ0n) is 10.6. The summed E-state index contributed by atoms with van der Waals surface area (Å²) >= 11 is 3.46. The van der Waals surface area contributed by atoms with Gasteiger partial charge in [0.2, 0.25) is 0 Å². The molecule has 0 spiro atoms. The quantitative estimate of drug-likeness (QED) is 0.908. The van der Waals surface area contributed by atoms with Crippen molar-refractivity contribution in [3.8, 4) is 5.75 Å². The van der Waals surface area contributed by atoms with Crippen LogP contribution in [0.15, 0.2) is 53.0 Å². The molecule has 0 fully saturated rings. The smallest absolute Gasteiger partial charge is 0.122 e. The van der Waals surface area contributed by atoms with E-state index < -0.39 is 0 Å². The Morgan fingerprint density at radius 3 is 2.63 bits per heavy atom. The Bertz CT molecular complexity index is 567. The largest absolute Gasteiger partial charge is 0.493 e. The number of fused-ring (bicyclic) bond motifs is 1. The van der Waals surface area contributed by atoms with Crippen LogP contribution in [0.1, 0.15) is 29.5 Å². The Hall–Kier alpha value is -1.32. The predicted octanol–water partition coefficient (Wildman–Crippen LogP) is 4.02. The molecule has 3 heteroatoms. The summed E-state index contributed by atoms with van der Waals surface area (Å²) in [5, 5.41) is 0. The van der Waals surface area contributed by atoms with Crippen molar-refractivity contribution in [1.82, 2.24) is 0 Å². The molecule has 0 amide bonds. The van der Waals surface area contributed by atoms with E-state index >= 15 is 0 Å². The lowest BCUT2D eigenvalue weighted by Crippen LogP contribution is -2.25. The minimum absolute atomic E-state index is 0.0122. The van der Waals surface area contributed by atoms with E-state index in [1.165, 1.54) is 11.1 Å². The fraction of sp³-hybridized carbons (Fsp3) is 0.250. The van der Waals surface area contributed by atoms with Crippen LogP contribution in [-0.4, -0.2) is 6.61 Å². The zero-order valence-corrected chi connectivity index (χ0v) is 12.1. The standard InChI is InChI=1S/C16H16BrNO/c17-12-7-5-11(6-8-12)16(18)14-9-10-19-15-4-2-1-3-13(14)15/h1-8,14,16H,9-10,18H2. The molecule has 3 rings (SSSR count). The molecular weight excluding hydrogens is 302 g/mol. The first kappa shape index (κ1) is 12.7. The molecule has 2 unspecified atom stereocenters. The van der Waals surface area contributed by atoms with Crippen molar-refractivity contribution >= 4 is 15.9 Å². The number of ether oxygens (including phenoxy) is 1. The van der Waals surface area contributed by atoms with Crippen LogP contribution in [0.2, 0.25) is 0 Å². The number of para-hydroxylation sites is 1. The highest BCUT2D eigenvalue weighted by Gasteiger charge is 2.27. The highest BCUT2D eigenvalue weighted by atomic mass is 79.9. The third-order valence-electron chi connectivity index (χ3n) is 3.69. The molecule has 2 atom stereocenters. The molecule has 0 bridgehead atoms. The summed E-state index contributed by atoms with van der Waals surface area (Å²) < 4.78 is 6.78. The topological polar surface area (TPSA) is 35.2 Å². The second kappa shape index (κ2) is 5.35. The number of hydrogen-bond donors (Lipinski definition) is 1. The number of halogens is 1. The monoisotopic (exact) mass is 317 g/mol. The maximum atomic E-state index is 6.46. The van der Waals surface area contributed by atoms with Crippen LogP contribution in [0.25, 0.3) is 0 Å². The van der Waals surface area contributed by atoms with E-state index in [1.807, 2.05) is 24.3 Å². The second-order valence-corrected chi connectivity index (χ2v) is 5.77. The molecule has 0 aromatic heterocycles. The Morgan fingerprint density at radius 1 is 1.11 bits per heavy atom. The fourth-order valence-corrected chi connectivity index (χ4v) is 2.92. The molecule has 0 saturated heterocycles. The highest BCUT2D eigenvalue weighted by Crippen LogP contribution is 2.40. The molecule has 0 aliphatic carbocycles. The van der Waals surface area contributed by atoms with E-state index in [2.05, 4.69) is 40.2 Å². The van der Waals surface area contributed by atoms with Crippen LogP contribution in [0.5, 0.6) is 5.75 Å². The molecule has 1 aliphatic rings. The predicted molar refractivity (Wildman–Crippen MR) is 80.4 cm³/mol. The summed E-state index contributed by atoms with van der Waals surface area (Å²) in [5.41, 5.74) is 8.86. The average Bonchev–Trinajstić information content (AvgIpc) is 2.47. The SMILES string of the molecule is NC(c1ccc(Br)cc1)C1CCOc2ccccc21. The summed E-state index contributed by atoms with van der Waals surface area (Å²) in [6, 6.07) is 16.5. The molecule has 0 saturated carbocycles. The highest BCUT2D eigenvalue weighted by molar-refractivity contribution is 9.10. The Kier molecular flexibility index (Phi) is 3.58. The molecule has 2 aromatic rings. The molecule has 2 nitrogen and oxygen atoms in total. The van der Waals surface area contributed by atoms with Gasteiger partial charge in [-0.25, -0.2) is 0 Å². The zero-order chi connectivity index (χ0) is 13.2. The molecule has 0 radical (unpaired) electrons. The molecule has 19 heavy (non-hydrogen) atoms. The minimum atomic E-state index is 0.0122. The van der Waals surface area contributed by atoms with E-state index in [1.54, 1.807) is 0 Å². The van der Waals surface area contributed by atoms with Gasteiger partial charge in [-0.2, -0.15) is 0 Å². The van der Waals surface area contributed by atoms with Crippen LogP contribution in [0.4, 0.5) is 0 Å². The van der Waals surface area contributed by atoms with Crippen molar-refractivity contribution in [2.24, 2.45) is 5.73 Å². The molecule has 1 heterocycles. The second-order valence-electron chi connectivity index (χ2n) is 4.86. The van der Waals surface area contributed by atoms with Crippen LogP contribution >= 0.6 is 15.9 Å². The average molecular weight is 318 g/mol. The van der Waals surface area contributed by atoms with Gasteiger partial charge in [-0.15, -0.1) is 0 Å². The molecule has 2 aromatic carbocycles. The first-order chi connectivity index (χ1) is 9.25. The van der Waals surface area contributed by atoms with Crippen molar-refractivity contribution in [3.63, 3.8) is 0 Å². The van der Waals surface area contributed by atoms with Crippen molar-refractivity contribution in [2.75, 3.05) is 6.61 Å². The van der Waals surface area contributed by atoms with Gasteiger partial charge in [-0.3, -0.25) is 0 Å². The molecule has 1 aliphatic heterocycles. The lowest BCUT2D eigenvalue weighted by atomic mass is 9.84. The van der Waals surface area contributed by atoms with Gasteiger partial charge in [-0.05, 0) is 35.7 Å². The lowest BCUT2D eigenvalue weighted by molar-refractivity contribution is 0.255. The molecule has 2 N–H and O–H groups in total. The van der Waals surface area contributed by atoms with Crippen LogP contribution < -0.4 is 10.5 Å². The number of hydrogen-bond acceptors (Lipinski definition) is 2. The molecular formula is C16H16BrNO. The lowest BCUT2D eigenvalue weighted by Gasteiger charge is -2.30. The van der Waals surface area contributed by atoms with E-state index in [-0.39, 0.29) is 6.04 Å². The number of benzene rings is 2. The van der Waals surface area contributed by atoms with Gasteiger partial charge in [0.25, 0.3) is 0 Å². The maximum absolute atomic E-state index is 6.46. The van der Waals surface area contributed by atoms with E-state index in [0.29, 0.717) is 5.92 Å². The Morgan fingerprint density at radius 2 is 1.84 bits per heavy atom. The summed E-state index contributed by atoms with van der Waals surface area (Å²) in [5.74, 6) is 1.30. The van der Waals surface area contributed by atoms with Gasteiger partial charge >= 0.3 is 0 Å². The molecule has 98 valence electrons. The van der Waals surface area contributed by atoms with Crippen molar-refractivity contribution < 1.29 is 4.74 Å². The van der Waals surface area contributed by atoms with Crippen molar-refractivity contribution in [2.45, 2.75) is 18.4 Å². The Labute approximate surface area is 121 Å². The van der Waals surface area contributed by atoms with Gasteiger partial charge in [0.15, 0.2) is 0 Å². The van der Waals surface area contributed by atoms with Gasteiger partial charge < -0.3 is 10.5 Å². The van der Waals surface area contributed by atoms with Crippen molar-refractivity contribution in [3.05, 3.63) is 64.1 Å². The number of nitrogens with two attached hydrogens (primary N) is 1. The summed E-state index contributed by atoms with van der Waals surface area (Å²) in [4.78, 5) is 0. The number of rotatable bonds is 2. The normalized spacial score (nSPS) is 19.4. The van der Waals surface area contributed by atoms with Crippen LogP contribution in [0, 0.1) is 0 Å². The van der Waals surface area contributed by atoms with E-state index in [9.17, 15) is 0 Å². The van der Waals surface area contributed by atoms with Gasteiger partial charge in [0.1, 0.15) is 5.75 Å². The Balaban J connectivity index is 1.92. The first-order valence-corrected chi connectivity index (χ1v) is 7.28. The summed E-state index contributed by atoms with van der Waals surface area (Å²) in [6.07, 6.45) is 0.967. The van der Waals surface area contributed by atoms with Crippen molar-refractivity contribution in [1.29, 1.82) is 0 Å². The van der Waals surface area contributed by atoms with Gasteiger partial charge in [-0.1, -0.05) is 46.3 Å². The van der Waals surface area contributed by atoms with Crippen LogP contribution in [0.3, 0.4) is 0 Å². The third-order valence-corrected chi connectivity index (χ3v) is 4.22. The summed E-state index contributed by atoms with van der Waals surface area (Å²) in [6.45, 7) is 0.742. The van der Waals surface area contributed by atoms with Gasteiger partial charge in [0.05, 0.1) is 6.61 Å². The van der Waals surface area contributed by atoms with E-state index in [4.69, 9.17) is 10.5 Å². The van der Waals surface area contributed by atoms with Crippen LogP contribution in [-0.2, 0) is 0 Å². The summed E-state index contributed by atoms with van der Waals surface area (Å²) in [7, 11) is 0. The van der Waals surface area contributed by atoms with E-state index in [0.717, 1.165) is 23.2 Å². The maximum Gasteiger partial charge on any atom is 0.122 e. The van der Waals surface area contributed by atoms with Gasteiger partial charge in [0, 0.05) is 16.4 Å². The minimum Gasteiger partial charge on any atom is -0.493 e. The third kappa shape index (κ3) is 2.53.